The predicted molar refractivity (Wildman–Crippen MR) is 78.0 cm³/mol. The van der Waals surface area contributed by atoms with Gasteiger partial charge in [-0.05, 0) is 37.3 Å². The molecule has 1 heterocycles. The molecule has 1 rings (SSSR count). The third-order valence-electron chi connectivity index (χ3n) is 3.93. The number of hydrogen-bond donors (Lipinski definition) is 1. The quantitative estimate of drug-likeness (QED) is 0.738. The summed E-state index contributed by atoms with van der Waals surface area (Å²) in [6.45, 7) is 14.9. The van der Waals surface area contributed by atoms with E-state index in [0.29, 0.717) is 17.4 Å². The molecule has 1 N–H and O–H groups in total. The van der Waals surface area contributed by atoms with Gasteiger partial charge in [0.2, 0.25) is 0 Å². The van der Waals surface area contributed by atoms with Crippen LogP contribution in [0.1, 0.15) is 40.5 Å². The molecule has 0 aromatic heterocycles. The Labute approximate surface area is 113 Å². The van der Waals surface area contributed by atoms with Gasteiger partial charge >= 0.3 is 0 Å². The fourth-order valence-corrected chi connectivity index (χ4v) is 2.43. The Morgan fingerprint density at radius 3 is 2.61 bits per heavy atom. The summed E-state index contributed by atoms with van der Waals surface area (Å²) in [6.07, 6.45) is 2.93. The molecular formula is C15H32N2O. The molecule has 0 radical (unpaired) electrons. The van der Waals surface area contributed by atoms with E-state index in [9.17, 15) is 0 Å². The van der Waals surface area contributed by atoms with E-state index in [2.05, 4.69) is 37.9 Å². The predicted octanol–water partition coefficient (Wildman–Crippen LogP) is 2.37. The van der Waals surface area contributed by atoms with Crippen molar-refractivity contribution in [2.75, 3.05) is 39.8 Å². The summed E-state index contributed by atoms with van der Waals surface area (Å²) in [5.41, 5.74) is 0.439. The van der Waals surface area contributed by atoms with Crippen LogP contribution in [0.4, 0.5) is 0 Å². The lowest BCUT2D eigenvalue weighted by atomic mass is 9.92. The van der Waals surface area contributed by atoms with Gasteiger partial charge in [-0.3, -0.25) is 4.90 Å². The van der Waals surface area contributed by atoms with Crippen LogP contribution in [-0.4, -0.2) is 50.8 Å². The van der Waals surface area contributed by atoms with E-state index >= 15 is 0 Å². The summed E-state index contributed by atoms with van der Waals surface area (Å²) >= 11 is 0. The zero-order valence-corrected chi connectivity index (χ0v) is 13.0. The first-order chi connectivity index (χ1) is 8.42. The molecule has 2 atom stereocenters. The van der Waals surface area contributed by atoms with Crippen molar-refractivity contribution >= 4 is 0 Å². The van der Waals surface area contributed by atoms with Gasteiger partial charge in [0.1, 0.15) is 0 Å². The van der Waals surface area contributed by atoms with Crippen molar-refractivity contribution in [3.8, 4) is 0 Å². The molecule has 0 aromatic carbocycles. The van der Waals surface area contributed by atoms with E-state index < -0.39 is 0 Å². The minimum Gasteiger partial charge on any atom is -0.380 e. The maximum atomic E-state index is 5.54. The van der Waals surface area contributed by atoms with Crippen LogP contribution in [-0.2, 0) is 4.74 Å². The molecule has 1 aliphatic rings. The Balaban J connectivity index is 2.09. The van der Waals surface area contributed by atoms with Gasteiger partial charge in [0.05, 0.1) is 6.10 Å². The fraction of sp³-hybridized carbons (Fsp3) is 1.00. The molecule has 3 heteroatoms. The number of rotatable bonds is 6. The molecule has 0 spiro atoms. The molecule has 1 fully saturated rings. The van der Waals surface area contributed by atoms with Crippen LogP contribution in [0.3, 0.4) is 0 Å². The van der Waals surface area contributed by atoms with Crippen LogP contribution in [0.5, 0.6) is 0 Å². The molecule has 0 aliphatic carbocycles. The highest BCUT2D eigenvalue weighted by atomic mass is 16.5. The van der Waals surface area contributed by atoms with Gasteiger partial charge in [-0.25, -0.2) is 0 Å². The van der Waals surface area contributed by atoms with Crippen molar-refractivity contribution in [3.63, 3.8) is 0 Å². The number of nitrogens with zero attached hydrogens (tertiary/aromatic N) is 1. The molecule has 0 saturated carbocycles. The molecule has 1 saturated heterocycles. The van der Waals surface area contributed by atoms with Crippen LogP contribution in [0.15, 0.2) is 0 Å². The third kappa shape index (κ3) is 6.17. The second kappa shape index (κ2) is 7.46. The molecule has 108 valence electrons. The normalized spacial score (nSPS) is 26.5. The third-order valence-corrected chi connectivity index (χ3v) is 3.93. The summed E-state index contributed by atoms with van der Waals surface area (Å²) in [6, 6.07) is 0. The second-order valence-corrected chi connectivity index (χ2v) is 6.90. The van der Waals surface area contributed by atoms with Crippen molar-refractivity contribution in [2.24, 2.45) is 11.3 Å². The van der Waals surface area contributed by atoms with E-state index in [1.54, 1.807) is 0 Å². The van der Waals surface area contributed by atoms with Crippen LogP contribution >= 0.6 is 0 Å². The standard InChI is InChI=1S/C15H32N2O/c1-13-6-10-17(12-14(13)18-5)11-9-16-8-7-15(2,3)4/h13-14,16H,6-12H2,1-5H3. The van der Waals surface area contributed by atoms with E-state index in [0.717, 1.165) is 26.2 Å². The van der Waals surface area contributed by atoms with Gasteiger partial charge in [-0.2, -0.15) is 0 Å². The number of piperidine rings is 1. The number of likely N-dealkylation sites (tertiary alicyclic amines) is 1. The molecule has 1 aliphatic heterocycles. The van der Waals surface area contributed by atoms with E-state index in [4.69, 9.17) is 4.74 Å². The van der Waals surface area contributed by atoms with Gasteiger partial charge < -0.3 is 10.1 Å². The largest absolute Gasteiger partial charge is 0.380 e. The van der Waals surface area contributed by atoms with Crippen molar-refractivity contribution in [1.29, 1.82) is 0 Å². The zero-order chi connectivity index (χ0) is 13.6. The lowest BCUT2D eigenvalue weighted by Crippen LogP contribution is -2.46. The molecule has 0 bridgehead atoms. The molecule has 18 heavy (non-hydrogen) atoms. The first kappa shape index (κ1) is 15.9. The summed E-state index contributed by atoms with van der Waals surface area (Å²) in [5, 5.41) is 3.55. The maximum Gasteiger partial charge on any atom is 0.0724 e. The van der Waals surface area contributed by atoms with Crippen LogP contribution in [0.25, 0.3) is 0 Å². The Bertz CT molecular complexity index is 225. The molecule has 0 amide bonds. The molecule has 3 nitrogen and oxygen atoms in total. The first-order valence-corrected chi connectivity index (χ1v) is 7.38. The van der Waals surface area contributed by atoms with Gasteiger partial charge in [-0.1, -0.05) is 27.7 Å². The minimum absolute atomic E-state index is 0.424. The Kier molecular flexibility index (Phi) is 6.61. The van der Waals surface area contributed by atoms with Gasteiger partial charge in [-0.15, -0.1) is 0 Å². The zero-order valence-electron chi connectivity index (χ0n) is 13.0. The lowest BCUT2D eigenvalue weighted by Gasteiger charge is -2.36. The SMILES string of the molecule is COC1CN(CCNCCC(C)(C)C)CCC1C. The molecular weight excluding hydrogens is 224 g/mol. The monoisotopic (exact) mass is 256 g/mol. The lowest BCUT2D eigenvalue weighted by molar-refractivity contribution is -0.00443. The molecule has 2 unspecified atom stereocenters. The Morgan fingerprint density at radius 1 is 1.28 bits per heavy atom. The van der Waals surface area contributed by atoms with Crippen LogP contribution in [0, 0.1) is 11.3 Å². The Morgan fingerprint density at radius 2 is 2.00 bits per heavy atom. The van der Waals surface area contributed by atoms with E-state index in [-0.39, 0.29) is 0 Å². The van der Waals surface area contributed by atoms with E-state index in [1.165, 1.54) is 19.4 Å². The molecule has 0 aromatic rings. The maximum absolute atomic E-state index is 5.54. The fourth-order valence-electron chi connectivity index (χ4n) is 2.43. The highest BCUT2D eigenvalue weighted by molar-refractivity contribution is 4.78. The smallest absolute Gasteiger partial charge is 0.0724 e. The van der Waals surface area contributed by atoms with Crippen molar-refractivity contribution in [1.82, 2.24) is 10.2 Å². The first-order valence-electron chi connectivity index (χ1n) is 7.38. The summed E-state index contributed by atoms with van der Waals surface area (Å²) in [7, 11) is 1.84. The number of methoxy groups -OCH3 is 1. The highest BCUT2D eigenvalue weighted by Crippen LogP contribution is 2.19. The van der Waals surface area contributed by atoms with Gasteiger partial charge in [0, 0.05) is 26.7 Å². The summed E-state index contributed by atoms with van der Waals surface area (Å²) in [5.74, 6) is 0.708. The van der Waals surface area contributed by atoms with Gasteiger partial charge in [0.15, 0.2) is 0 Å². The van der Waals surface area contributed by atoms with E-state index in [1.807, 2.05) is 7.11 Å². The number of ether oxygens (including phenoxy) is 1. The highest BCUT2D eigenvalue weighted by Gasteiger charge is 2.25. The summed E-state index contributed by atoms with van der Waals surface area (Å²) in [4.78, 5) is 2.53. The minimum atomic E-state index is 0.424. The van der Waals surface area contributed by atoms with Crippen LogP contribution in [0.2, 0.25) is 0 Å². The van der Waals surface area contributed by atoms with Crippen LogP contribution < -0.4 is 5.32 Å². The average molecular weight is 256 g/mol. The number of hydrogen-bond acceptors (Lipinski definition) is 3. The van der Waals surface area contributed by atoms with Gasteiger partial charge in [0.25, 0.3) is 0 Å². The average Bonchev–Trinajstić information content (AvgIpc) is 2.29. The van der Waals surface area contributed by atoms with Crippen molar-refractivity contribution in [2.45, 2.75) is 46.6 Å². The summed E-state index contributed by atoms with van der Waals surface area (Å²) < 4.78 is 5.54. The van der Waals surface area contributed by atoms with Crippen molar-refractivity contribution in [3.05, 3.63) is 0 Å². The topological polar surface area (TPSA) is 24.5 Å². The number of nitrogens with one attached hydrogen (secondary N) is 1. The Hall–Kier alpha value is -0.120. The van der Waals surface area contributed by atoms with Crippen molar-refractivity contribution < 1.29 is 4.74 Å². The second-order valence-electron chi connectivity index (χ2n) is 6.90.